The molecule has 4 nitrogen and oxygen atoms in total. The van der Waals surface area contributed by atoms with Crippen LogP contribution >= 0.6 is 15.9 Å². The number of aliphatic carboxylic acids is 1. The van der Waals surface area contributed by atoms with Gasteiger partial charge in [-0.15, -0.1) is 0 Å². The van der Waals surface area contributed by atoms with Gasteiger partial charge in [0.15, 0.2) is 0 Å². The molecular weight excluding hydrogens is 248 g/mol. The van der Waals surface area contributed by atoms with Crippen molar-refractivity contribution in [3.8, 4) is 0 Å². The molecule has 1 N–H and O–H groups in total. The predicted octanol–water partition coefficient (Wildman–Crippen LogP) is 1.93. The van der Waals surface area contributed by atoms with Crippen LogP contribution in [-0.2, 0) is 17.8 Å². The largest absolute Gasteiger partial charge is 0.481 e. The fourth-order valence-corrected chi connectivity index (χ4v) is 1.65. The molecule has 0 atom stereocenters. The van der Waals surface area contributed by atoms with E-state index in [4.69, 9.17) is 5.11 Å². The Bertz CT molecular complexity index is 334. The number of rotatable bonds is 4. The van der Waals surface area contributed by atoms with Crippen molar-refractivity contribution in [2.24, 2.45) is 5.92 Å². The van der Waals surface area contributed by atoms with Crippen molar-refractivity contribution in [1.82, 2.24) is 9.78 Å². The normalized spacial score (nSPS) is 10.9. The van der Waals surface area contributed by atoms with E-state index in [1.165, 1.54) is 0 Å². The molecule has 78 valence electrons. The van der Waals surface area contributed by atoms with Crippen LogP contribution in [-0.4, -0.2) is 20.9 Å². The summed E-state index contributed by atoms with van der Waals surface area (Å²) < 4.78 is 2.62. The summed E-state index contributed by atoms with van der Waals surface area (Å²) in [5, 5.41) is 12.8. The molecule has 0 aromatic carbocycles. The van der Waals surface area contributed by atoms with Crippen molar-refractivity contribution in [3.05, 3.63) is 16.4 Å². The Morgan fingerprint density at radius 1 is 1.71 bits per heavy atom. The lowest BCUT2D eigenvalue weighted by Gasteiger charge is -2.05. The average molecular weight is 261 g/mol. The van der Waals surface area contributed by atoms with E-state index in [2.05, 4.69) is 34.9 Å². The maximum Gasteiger partial charge on any atom is 0.309 e. The fourth-order valence-electron chi connectivity index (χ4n) is 1.16. The van der Waals surface area contributed by atoms with E-state index >= 15 is 0 Å². The quantitative estimate of drug-likeness (QED) is 0.900. The van der Waals surface area contributed by atoms with Crippen molar-refractivity contribution in [3.63, 3.8) is 0 Å². The number of hydrogen-bond acceptors (Lipinski definition) is 2. The zero-order valence-electron chi connectivity index (χ0n) is 8.20. The van der Waals surface area contributed by atoms with Crippen molar-refractivity contribution in [1.29, 1.82) is 0 Å². The first-order chi connectivity index (χ1) is 6.49. The smallest absolute Gasteiger partial charge is 0.309 e. The molecule has 0 unspecified atom stereocenters. The SMILES string of the molecule is CC(C)Cn1nc(CC(=O)O)cc1Br. The molecule has 5 heteroatoms. The first-order valence-electron chi connectivity index (χ1n) is 4.43. The van der Waals surface area contributed by atoms with E-state index in [0.717, 1.165) is 11.1 Å². The van der Waals surface area contributed by atoms with Crippen LogP contribution in [0.4, 0.5) is 0 Å². The van der Waals surface area contributed by atoms with Gasteiger partial charge in [-0.2, -0.15) is 5.10 Å². The molecule has 0 aliphatic heterocycles. The molecule has 0 aliphatic rings. The molecule has 0 bridgehead atoms. The molecule has 1 aromatic rings. The van der Waals surface area contributed by atoms with Gasteiger partial charge in [-0.25, -0.2) is 0 Å². The van der Waals surface area contributed by atoms with Gasteiger partial charge in [0.25, 0.3) is 0 Å². The Labute approximate surface area is 91.1 Å². The second kappa shape index (κ2) is 4.59. The molecule has 1 aromatic heterocycles. The van der Waals surface area contributed by atoms with Gasteiger partial charge in [-0.1, -0.05) is 13.8 Å². The number of nitrogens with zero attached hydrogens (tertiary/aromatic N) is 2. The highest BCUT2D eigenvalue weighted by Gasteiger charge is 2.09. The van der Waals surface area contributed by atoms with Crippen molar-refractivity contribution in [2.45, 2.75) is 26.8 Å². The van der Waals surface area contributed by atoms with Crippen LogP contribution in [0.2, 0.25) is 0 Å². The number of hydrogen-bond donors (Lipinski definition) is 1. The number of carboxylic acid groups (broad SMARTS) is 1. The third-order valence-electron chi connectivity index (χ3n) is 1.65. The summed E-state index contributed by atoms with van der Waals surface area (Å²) in [4.78, 5) is 10.4. The molecule has 0 radical (unpaired) electrons. The van der Waals surface area contributed by atoms with Gasteiger partial charge in [0.1, 0.15) is 4.60 Å². The van der Waals surface area contributed by atoms with Crippen LogP contribution in [0.5, 0.6) is 0 Å². The van der Waals surface area contributed by atoms with E-state index in [0.29, 0.717) is 11.6 Å². The van der Waals surface area contributed by atoms with Crippen LogP contribution < -0.4 is 0 Å². The van der Waals surface area contributed by atoms with Gasteiger partial charge in [0, 0.05) is 6.54 Å². The highest BCUT2D eigenvalue weighted by Crippen LogP contribution is 2.14. The number of carbonyl (C=O) groups is 1. The maximum atomic E-state index is 10.4. The molecule has 1 rings (SSSR count). The highest BCUT2D eigenvalue weighted by molar-refractivity contribution is 9.10. The second-order valence-electron chi connectivity index (χ2n) is 3.60. The van der Waals surface area contributed by atoms with E-state index in [-0.39, 0.29) is 6.42 Å². The molecule has 0 saturated heterocycles. The molecule has 14 heavy (non-hydrogen) atoms. The highest BCUT2D eigenvalue weighted by atomic mass is 79.9. The van der Waals surface area contributed by atoms with Gasteiger partial charge in [0.2, 0.25) is 0 Å². The first kappa shape index (κ1) is 11.2. The van der Waals surface area contributed by atoms with E-state index < -0.39 is 5.97 Å². The van der Waals surface area contributed by atoms with E-state index in [1.807, 2.05) is 0 Å². The minimum atomic E-state index is -0.855. The Morgan fingerprint density at radius 2 is 2.36 bits per heavy atom. The minimum absolute atomic E-state index is 0.0241. The Balaban J connectivity index is 2.76. The average Bonchev–Trinajstić information content (AvgIpc) is 2.28. The van der Waals surface area contributed by atoms with Gasteiger partial charge in [0.05, 0.1) is 12.1 Å². The Morgan fingerprint density at radius 3 is 2.86 bits per heavy atom. The van der Waals surface area contributed by atoms with Crippen molar-refractivity contribution in [2.75, 3.05) is 0 Å². The van der Waals surface area contributed by atoms with Crippen LogP contribution in [0, 0.1) is 5.92 Å². The topological polar surface area (TPSA) is 55.1 Å². The zero-order valence-corrected chi connectivity index (χ0v) is 9.78. The summed E-state index contributed by atoms with van der Waals surface area (Å²) in [7, 11) is 0. The Hall–Kier alpha value is -0.840. The van der Waals surface area contributed by atoms with Crippen LogP contribution in [0.3, 0.4) is 0 Å². The first-order valence-corrected chi connectivity index (χ1v) is 5.22. The monoisotopic (exact) mass is 260 g/mol. The van der Waals surface area contributed by atoms with Crippen LogP contribution in [0.1, 0.15) is 19.5 Å². The zero-order chi connectivity index (χ0) is 10.7. The molecule has 0 amide bonds. The number of halogens is 1. The summed E-state index contributed by atoms with van der Waals surface area (Å²) in [6, 6.07) is 1.75. The van der Waals surface area contributed by atoms with E-state index in [1.54, 1.807) is 10.7 Å². The van der Waals surface area contributed by atoms with Crippen LogP contribution in [0.25, 0.3) is 0 Å². The van der Waals surface area contributed by atoms with E-state index in [9.17, 15) is 4.79 Å². The lowest BCUT2D eigenvalue weighted by molar-refractivity contribution is -0.136. The van der Waals surface area contributed by atoms with Crippen molar-refractivity contribution < 1.29 is 9.90 Å². The standard InChI is InChI=1S/C9H13BrN2O2/c1-6(2)5-12-8(10)3-7(11-12)4-9(13)14/h3,6H,4-5H2,1-2H3,(H,13,14). The van der Waals surface area contributed by atoms with Crippen LogP contribution in [0.15, 0.2) is 10.7 Å². The number of aromatic nitrogens is 2. The fraction of sp³-hybridized carbons (Fsp3) is 0.556. The third-order valence-corrected chi connectivity index (χ3v) is 2.29. The summed E-state index contributed by atoms with van der Waals surface area (Å²) in [6.45, 7) is 4.97. The summed E-state index contributed by atoms with van der Waals surface area (Å²) in [5.41, 5.74) is 0.588. The lowest BCUT2D eigenvalue weighted by atomic mass is 10.2. The maximum absolute atomic E-state index is 10.4. The molecule has 0 aliphatic carbocycles. The van der Waals surface area contributed by atoms with Gasteiger partial charge >= 0.3 is 5.97 Å². The molecule has 0 saturated carbocycles. The van der Waals surface area contributed by atoms with Gasteiger partial charge < -0.3 is 5.11 Å². The lowest BCUT2D eigenvalue weighted by Crippen LogP contribution is -2.07. The Kier molecular flexibility index (Phi) is 3.69. The van der Waals surface area contributed by atoms with Gasteiger partial charge in [-0.3, -0.25) is 9.48 Å². The minimum Gasteiger partial charge on any atom is -0.481 e. The predicted molar refractivity (Wildman–Crippen MR) is 56.1 cm³/mol. The third kappa shape index (κ3) is 3.14. The summed E-state index contributed by atoms with van der Waals surface area (Å²) in [5.74, 6) is -0.365. The molecule has 0 fully saturated rings. The molecule has 0 spiro atoms. The number of carboxylic acids is 1. The molecule has 1 heterocycles. The second-order valence-corrected chi connectivity index (χ2v) is 4.42. The van der Waals surface area contributed by atoms with Crippen molar-refractivity contribution >= 4 is 21.9 Å². The summed E-state index contributed by atoms with van der Waals surface area (Å²) >= 11 is 3.34. The van der Waals surface area contributed by atoms with Gasteiger partial charge in [-0.05, 0) is 27.9 Å². The summed E-state index contributed by atoms with van der Waals surface area (Å²) in [6.07, 6.45) is -0.0241. The molecular formula is C9H13BrN2O2.